The third-order valence-corrected chi connectivity index (χ3v) is 4.51. The first-order chi connectivity index (χ1) is 11.9. The van der Waals surface area contributed by atoms with E-state index in [-0.39, 0.29) is 11.8 Å². The van der Waals surface area contributed by atoms with Crippen molar-refractivity contribution in [3.63, 3.8) is 0 Å². The van der Waals surface area contributed by atoms with Gasteiger partial charge in [0, 0.05) is 41.3 Å². The van der Waals surface area contributed by atoms with Gasteiger partial charge in [-0.15, -0.1) is 0 Å². The molecule has 1 aromatic rings. The molecule has 1 atom stereocenters. The van der Waals surface area contributed by atoms with Crippen molar-refractivity contribution in [2.75, 3.05) is 41.3 Å². The summed E-state index contributed by atoms with van der Waals surface area (Å²) in [5.74, 6) is 0.766. The van der Waals surface area contributed by atoms with E-state index in [0.717, 1.165) is 38.4 Å². The summed E-state index contributed by atoms with van der Waals surface area (Å²) >= 11 is 0. The zero-order valence-corrected chi connectivity index (χ0v) is 15.9. The molecule has 2 N–H and O–H groups in total. The van der Waals surface area contributed by atoms with E-state index < -0.39 is 0 Å². The number of carbonyl (C=O) groups excluding carboxylic acids is 1. The van der Waals surface area contributed by atoms with Gasteiger partial charge < -0.3 is 15.5 Å². The zero-order valence-electron chi connectivity index (χ0n) is 15.9. The van der Waals surface area contributed by atoms with Gasteiger partial charge in [0.15, 0.2) is 5.96 Å². The molecule has 1 aromatic carbocycles. The Balaban J connectivity index is 2.01. The van der Waals surface area contributed by atoms with Gasteiger partial charge in [-0.25, -0.2) is 4.99 Å². The second-order valence-electron chi connectivity index (χ2n) is 7.20. The van der Waals surface area contributed by atoms with E-state index in [1.807, 2.05) is 38.0 Å². The van der Waals surface area contributed by atoms with Crippen LogP contribution in [0, 0.1) is 5.92 Å². The second kappa shape index (κ2) is 8.85. The van der Waals surface area contributed by atoms with Crippen molar-refractivity contribution in [1.82, 2.24) is 14.7 Å². The molecule has 25 heavy (non-hydrogen) atoms. The molecular formula is C19H31N5O. The van der Waals surface area contributed by atoms with Gasteiger partial charge in [-0.1, -0.05) is 24.3 Å². The smallest absolute Gasteiger partial charge is 0.221 e. The number of amides is 1. The molecule has 2 rings (SSSR count). The van der Waals surface area contributed by atoms with Gasteiger partial charge in [0.25, 0.3) is 0 Å². The van der Waals surface area contributed by atoms with E-state index >= 15 is 0 Å². The number of piperidine rings is 1. The SMILES string of the molecule is CN(C)C(=NCc1cccc(CN2CCC[C@@H](C(N)=O)C2)c1)N(C)C. The average Bonchev–Trinajstić information content (AvgIpc) is 2.55. The van der Waals surface area contributed by atoms with Crippen LogP contribution in [-0.4, -0.2) is 67.8 Å². The van der Waals surface area contributed by atoms with Crippen LogP contribution in [0.2, 0.25) is 0 Å². The molecule has 1 saturated heterocycles. The summed E-state index contributed by atoms with van der Waals surface area (Å²) < 4.78 is 0. The topological polar surface area (TPSA) is 65.2 Å². The summed E-state index contributed by atoms with van der Waals surface area (Å²) in [7, 11) is 8.00. The lowest BCUT2D eigenvalue weighted by Crippen LogP contribution is -2.40. The molecule has 0 saturated carbocycles. The second-order valence-corrected chi connectivity index (χ2v) is 7.20. The lowest BCUT2D eigenvalue weighted by Gasteiger charge is -2.31. The number of primary amides is 1. The van der Waals surface area contributed by atoms with Crippen molar-refractivity contribution in [2.24, 2.45) is 16.6 Å². The number of hydrogen-bond acceptors (Lipinski definition) is 3. The number of nitrogens with zero attached hydrogens (tertiary/aromatic N) is 4. The predicted octanol–water partition coefficient (Wildman–Crippen LogP) is 1.36. The molecule has 6 heteroatoms. The molecule has 0 spiro atoms. The van der Waals surface area contributed by atoms with Crippen molar-refractivity contribution in [3.05, 3.63) is 35.4 Å². The van der Waals surface area contributed by atoms with Gasteiger partial charge >= 0.3 is 0 Å². The van der Waals surface area contributed by atoms with Gasteiger partial charge in [0.2, 0.25) is 5.91 Å². The highest BCUT2D eigenvalue weighted by Gasteiger charge is 2.23. The van der Waals surface area contributed by atoms with Crippen molar-refractivity contribution >= 4 is 11.9 Å². The van der Waals surface area contributed by atoms with Crippen LogP contribution in [0.5, 0.6) is 0 Å². The number of likely N-dealkylation sites (tertiary alicyclic amines) is 1. The fraction of sp³-hybridized carbons (Fsp3) is 0.579. The Morgan fingerprint density at radius 1 is 1.24 bits per heavy atom. The molecule has 1 aliphatic rings. The van der Waals surface area contributed by atoms with Crippen molar-refractivity contribution in [1.29, 1.82) is 0 Å². The van der Waals surface area contributed by atoms with Gasteiger partial charge in [-0.3, -0.25) is 9.69 Å². The third kappa shape index (κ3) is 5.74. The fourth-order valence-electron chi connectivity index (χ4n) is 3.36. The molecule has 138 valence electrons. The minimum Gasteiger partial charge on any atom is -0.369 e. The minimum absolute atomic E-state index is 0.00993. The van der Waals surface area contributed by atoms with Crippen LogP contribution >= 0.6 is 0 Å². The first-order valence-electron chi connectivity index (χ1n) is 8.85. The molecule has 0 aromatic heterocycles. The van der Waals surface area contributed by atoms with E-state index in [4.69, 9.17) is 10.7 Å². The average molecular weight is 345 g/mol. The summed E-state index contributed by atoms with van der Waals surface area (Å²) in [5, 5.41) is 0. The largest absolute Gasteiger partial charge is 0.369 e. The van der Waals surface area contributed by atoms with E-state index in [0.29, 0.717) is 6.54 Å². The van der Waals surface area contributed by atoms with E-state index in [9.17, 15) is 4.79 Å². The monoisotopic (exact) mass is 345 g/mol. The fourth-order valence-corrected chi connectivity index (χ4v) is 3.36. The summed E-state index contributed by atoms with van der Waals surface area (Å²) in [6.45, 7) is 3.31. The van der Waals surface area contributed by atoms with Gasteiger partial charge in [-0.05, 0) is 30.5 Å². The lowest BCUT2D eigenvalue weighted by atomic mass is 9.97. The quantitative estimate of drug-likeness (QED) is 0.646. The maximum atomic E-state index is 11.4. The Morgan fingerprint density at radius 3 is 2.56 bits per heavy atom. The number of benzene rings is 1. The number of guanidine groups is 1. The molecule has 0 bridgehead atoms. The molecule has 1 aliphatic heterocycles. The zero-order chi connectivity index (χ0) is 18.4. The molecule has 1 heterocycles. The van der Waals surface area contributed by atoms with Crippen LogP contribution in [0.3, 0.4) is 0 Å². The van der Waals surface area contributed by atoms with Crippen LogP contribution in [0.4, 0.5) is 0 Å². The van der Waals surface area contributed by atoms with Crippen LogP contribution in [0.15, 0.2) is 29.3 Å². The molecule has 1 fully saturated rings. The maximum Gasteiger partial charge on any atom is 0.221 e. The molecule has 0 unspecified atom stereocenters. The summed E-state index contributed by atoms with van der Waals surface area (Å²) in [6, 6.07) is 8.54. The van der Waals surface area contributed by atoms with E-state index in [1.165, 1.54) is 11.1 Å². The van der Waals surface area contributed by atoms with Crippen molar-refractivity contribution in [3.8, 4) is 0 Å². The Bertz CT molecular complexity index is 602. The highest BCUT2D eigenvalue weighted by atomic mass is 16.1. The normalized spacial score (nSPS) is 17.8. The van der Waals surface area contributed by atoms with E-state index in [2.05, 4.69) is 29.2 Å². The van der Waals surface area contributed by atoms with Crippen LogP contribution in [0.1, 0.15) is 24.0 Å². The summed E-state index contributed by atoms with van der Waals surface area (Å²) in [6.07, 6.45) is 1.95. The molecule has 0 radical (unpaired) electrons. The Labute approximate surface area is 151 Å². The Hall–Kier alpha value is -2.08. The van der Waals surface area contributed by atoms with Gasteiger partial charge in [0.05, 0.1) is 12.5 Å². The molecule has 0 aliphatic carbocycles. The van der Waals surface area contributed by atoms with Crippen molar-refractivity contribution < 1.29 is 4.79 Å². The number of nitrogens with two attached hydrogens (primary N) is 1. The van der Waals surface area contributed by atoms with Crippen LogP contribution in [-0.2, 0) is 17.9 Å². The highest BCUT2D eigenvalue weighted by Crippen LogP contribution is 2.19. The van der Waals surface area contributed by atoms with Crippen LogP contribution < -0.4 is 5.73 Å². The Morgan fingerprint density at radius 2 is 1.92 bits per heavy atom. The highest BCUT2D eigenvalue weighted by molar-refractivity contribution is 5.79. The minimum atomic E-state index is -0.173. The molecular weight excluding hydrogens is 314 g/mol. The predicted molar refractivity (Wildman–Crippen MR) is 102 cm³/mol. The van der Waals surface area contributed by atoms with E-state index in [1.54, 1.807) is 0 Å². The lowest BCUT2D eigenvalue weighted by molar-refractivity contribution is -0.123. The number of hydrogen-bond donors (Lipinski definition) is 1. The van der Waals surface area contributed by atoms with Gasteiger partial charge in [-0.2, -0.15) is 0 Å². The molecule has 6 nitrogen and oxygen atoms in total. The number of rotatable bonds is 5. The molecule has 1 amide bonds. The summed E-state index contributed by atoms with van der Waals surface area (Å²) in [5.41, 5.74) is 7.93. The maximum absolute atomic E-state index is 11.4. The summed E-state index contributed by atoms with van der Waals surface area (Å²) in [4.78, 5) is 22.5. The standard InChI is InChI=1S/C19H31N5O/c1-22(2)19(23(3)4)21-12-15-7-5-8-16(11-15)13-24-10-6-9-17(14-24)18(20)25/h5,7-8,11,17H,6,9-10,12-14H2,1-4H3,(H2,20,25)/t17-/m1/s1. The third-order valence-electron chi connectivity index (χ3n) is 4.51. The van der Waals surface area contributed by atoms with Gasteiger partial charge in [0.1, 0.15) is 0 Å². The van der Waals surface area contributed by atoms with Crippen LogP contribution in [0.25, 0.3) is 0 Å². The van der Waals surface area contributed by atoms with Crippen molar-refractivity contribution in [2.45, 2.75) is 25.9 Å². The Kier molecular flexibility index (Phi) is 6.82. The number of aliphatic imine (C=N–C) groups is 1. The number of carbonyl (C=O) groups is 1. The first kappa shape index (κ1) is 19.2. The first-order valence-corrected chi connectivity index (χ1v) is 8.85.